The van der Waals surface area contributed by atoms with Gasteiger partial charge in [-0.15, -0.1) is 0 Å². The van der Waals surface area contributed by atoms with Gasteiger partial charge in [0.15, 0.2) is 0 Å². The number of pyridine rings is 1. The maximum atomic E-state index is 12.0. The van der Waals surface area contributed by atoms with Crippen LogP contribution in [0.25, 0.3) is 0 Å². The molecular formula is C14H15N5O. The van der Waals surface area contributed by atoms with Crippen LogP contribution in [0.1, 0.15) is 18.2 Å². The summed E-state index contributed by atoms with van der Waals surface area (Å²) in [5.74, 6) is 0. The highest BCUT2D eigenvalue weighted by Gasteiger charge is 2.07. The van der Waals surface area contributed by atoms with Crippen LogP contribution >= 0.6 is 0 Å². The molecule has 0 saturated carbocycles. The second kappa shape index (κ2) is 5.97. The first kappa shape index (κ1) is 13.7. The van der Waals surface area contributed by atoms with Crippen molar-refractivity contribution >= 4 is 5.69 Å². The summed E-state index contributed by atoms with van der Waals surface area (Å²) in [5, 5.41) is 13.1. The Balaban J connectivity index is 2.31. The minimum Gasteiger partial charge on any atom is -0.373 e. The van der Waals surface area contributed by atoms with Crippen LogP contribution in [0.2, 0.25) is 0 Å². The zero-order valence-corrected chi connectivity index (χ0v) is 11.4. The number of anilines is 1. The lowest BCUT2D eigenvalue weighted by molar-refractivity contribution is 0.635. The van der Waals surface area contributed by atoms with E-state index in [2.05, 4.69) is 10.1 Å². The molecule has 102 valence electrons. The van der Waals surface area contributed by atoms with Gasteiger partial charge in [0.1, 0.15) is 11.8 Å². The third-order valence-corrected chi connectivity index (χ3v) is 3.09. The average Bonchev–Trinajstić information content (AvgIpc) is 2.49. The van der Waals surface area contributed by atoms with E-state index in [1.165, 1.54) is 4.68 Å². The molecule has 0 spiro atoms. The second-order valence-corrected chi connectivity index (χ2v) is 4.35. The van der Waals surface area contributed by atoms with Crippen molar-refractivity contribution in [2.45, 2.75) is 13.5 Å². The van der Waals surface area contributed by atoms with Crippen molar-refractivity contribution in [1.82, 2.24) is 14.8 Å². The molecule has 0 radical (unpaired) electrons. The molecule has 0 aliphatic rings. The fourth-order valence-corrected chi connectivity index (χ4v) is 1.76. The van der Waals surface area contributed by atoms with Crippen LogP contribution in [0.4, 0.5) is 5.69 Å². The summed E-state index contributed by atoms with van der Waals surface area (Å²) in [6.07, 6.45) is 3.20. The summed E-state index contributed by atoms with van der Waals surface area (Å²) in [6.45, 7) is 3.04. The third kappa shape index (κ3) is 2.83. The van der Waals surface area contributed by atoms with Crippen LogP contribution in [-0.2, 0) is 6.54 Å². The molecule has 0 aliphatic carbocycles. The average molecular weight is 269 g/mol. The highest BCUT2D eigenvalue weighted by atomic mass is 16.1. The molecule has 0 N–H and O–H groups in total. The molecule has 0 aromatic carbocycles. The van der Waals surface area contributed by atoms with Gasteiger partial charge in [0.2, 0.25) is 0 Å². The van der Waals surface area contributed by atoms with Crippen LogP contribution in [0.15, 0.2) is 35.4 Å². The highest BCUT2D eigenvalue weighted by molar-refractivity contribution is 5.41. The summed E-state index contributed by atoms with van der Waals surface area (Å²) in [4.78, 5) is 17.9. The third-order valence-electron chi connectivity index (χ3n) is 3.09. The minimum absolute atomic E-state index is 0.199. The number of hydrogen-bond acceptors (Lipinski definition) is 5. The zero-order chi connectivity index (χ0) is 14.5. The van der Waals surface area contributed by atoms with Crippen molar-refractivity contribution in [3.05, 3.63) is 52.2 Å². The predicted octanol–water partition coefficient (Wildman–Crippen LogP) is 1.01. The molecule has 0 fully saturated rings. The Kier molecular flexibility index (Phi) is 4.11. The Bertz CT molecular complexity index is 701. The monoisotopic (exact) mass is 269 g/mol. The van der Waals surface area contributed by atoms with Gasteiger partial charge in [-0.2, -0.15) is 10.4 Å². The van der Waals surface area contributed by atoms with E-state index in [0.717, 1.165) is 12.2 Å². The van der Waals surface area contributed by atoms with Gasteiger partial charge < -0.3 is 4.90 Å². The van der Waals surface area contributed by atoms with E-state index in [4.69, 9.17) is 5.26 Å². The SMILES string of the molecule is CCN(C)c1cnn(Cc2cccnc2C#N)c(=O)c1. The Morgan fingerprint density at radius 1 is 1.50 bits per heavy atom. The van der Waals surface area contributed by atoms with E-state index in [9.17, 15) is 4.79 Å². The maximum Gasteiger partial charge on any atom is 0.269 e. The van der Waals surface area contributed by atoms with Gasteiger partial charge in [0, 0.05) is 31.4 Å². The van der Waals surface area contributed by atoms with E-state index >= 15 is 0 Å². The van der Waals surface area contributed by atoms with E-state index in [1.54, 1.807) is 30.6 Å². The van der Waals surface area contributed by atoms with Crippen molar-refractivity contribution in [2.75, 3.05) is 18.5 Å². The Morgan fingerprint density at radius 3 is 2.95 bits per heavy atom. The normalized spacial score (nSPS) is 10.1. The fraction of sp³-hybridized carbons (Fsp3) is 0.286. The second-order valence-electron chi connectivity index (χ2n) is 4.35. The standard InChI is InChI=1S/C14H15N5O/c1-3-18(2)12-7-14(20)19(17-9-12)10-11-5-4-6-16-13(11)8-15/h4-7,9H,3,10H2,1-2H3. The first-order valence-electron chi connectivity index (χ1n) is 6.28. The topological polar surface area (TPSA) is 74.8 Å². The first-order chi connectivity index (χ1) is 9.65. The van der Waals surface area contributed by atoms with Gasteiger partial charge in [-0.3, -0.25) is 4.79 Å². The number of nitriles is 1. The smallest absolute Gasteiger partial charge is 0.269 e. The van der Waals surface area contributed by atoms with Gasteiger partial charge in [-0.05, 0) is 13.0 Å². The van der Waals surface area contributed by atoms with Gasteiger partial charge in [-0.1, -0.05) is 6.07 Å². The van der Waals surface area contributed by atoms with E-state index in [0.29, 0.717) is 11.3 Å². The van der Waals surface area contributed by atoms with Crippen molar-refractivity contribution < 1.29 is 0 Å². The van der Waals surface area contributed by atoms with Crippen LogP contribution in [0, 0.1) is 11.3 Å². The largest absolute Gasteiger partial charge is 0.373 e. The van der Waals surface area contributed by atoms with Gasteiger partial charge in [0.25, 0.3) is 5.56 Å². The lowest BCUT2D eigenvalue weighted by Gasteiger charge is -2.16. The molecule has 0 aliphatic heterocycles. The van der Waals surface area contributed by atoms with E-state index in [-0.39, 0.29) is 12.1 Å². The molecule has 0 atom stereocenters. The molecule has 2 heterocycles. The maximum absolute atomic E-state index is 12.0. The fourth-order valence-electron chi connectivity index (χ4n) is 1.76. The Hall–Kier alpha value is -2.68. The molecule has 6 nitrogen and oxygen atoms in total. The number of nitrogens with zero attached hydrogens (tertiary/aromatic N) is 5. The predicted molar refractivity (Wildman–Crippen MR) is 75.5 cm³/mol. The van der Waals surface area contributed by atoms with Gasteiger partial charge >= 0.3 is 0 Å². The summed E-state index contributed by atoms with van der Waals surface area (Å²) in [7, 11) is 1.90. The molecule has 0 bridgehead atoms. The summed E-state index contributed by atoms with van der Waals surface area (Å²) in [6, 6.07) is 7.06. The molecule has 2 aromatic rings. The first-order valence-corrected chi connectivity index (χ1v) is 6.28. The molecular weight excluding hydrogens is 254 g/mol. The summed E-state index contributed by atoms with van der Waals surface area (Å²) >= 11 is 0. The molecule has 2 rings (SSSR count). The van der Waals surface area contributed by atoms with Crippen molar-refractivity contribution in [3.8, 4) is 6.07 Å². The van der Waals surface area contributed by atoms with E-state index < -0.39 is 0 Å². The van der Waals surface area contributed by atoms with Crippen molar-refractivity contribution in [3.63, 3.8) is 0 Å². The molecule has 2 aromatic heterocycles. The quantitative estimate of drug-likeness (QED) is 0.828. The van der Waals surface area contributed by atoms with Crippen LogP contribution in [0.3, 0.4) is 0 Å². The molecule has 0 saturated heterocycles. The lowest BCUT2D eigenvalue weighted by Crippen LogP contribution is -2.26. The molecule has 20 heavy (non-hydrogen) atoms. The van der Waals surface area contributed by atoms with E-state index in [1.807, 2.05) is 24.9 Å². The molecule has 0 amide bonds. The van der Waals surface area contributed by atoms with Crippen LogP contribution < -0.4 is 10.5 Å². The van der Waals surface area contributed by atoms with Crippen molar-refractivity contribution in [2.24, 2.45) is 0 Å². The molecule has 6 heteroatoms. The van der Waals surface area contributed by atoms with Crippen LogP contribution in [-0.4, -0.2) is 28.4 Å². The number of hydrogen-bond donors (Lipinski definition) is 0. The Labute approximate surface area is 116 Å². The minimum atomic E-state index is -0.199. The summed E-state index contributed by atoms with van der Waals surface area (Å²) in [5.41, 5.74) is 1.58. The highest BCUT2D eigenvalue weighted by Crippen LogP contribution is 2.08. The Morgan fingerprint density at radius 2 is 2.30 bits per heavy atom. The van der Waals surface area contributed by atoms with Crippen LogP contribution in [0.5, 0.6) is 0 Å². The van der Waals surface area contributed by atoms with Gasteiger partial charge in [0.05, 0.1) is 18.4 Å². The van der Waals surface area contributed by atoms with Crippen molar-refractivity contribution in [1.29, 1.82) is 5.26 Å². The number of rotatable bonds is 4. The zero-order valence-electron chi connectivity index (χ0n) is 11.4. The summed E-state index contributed by atoms with van der Waals surface area (Å²) < 4.78 is 1.32. The number of aromatic nitrogens is 3. The van der Waals surface area contributed by atoms with Gasteiger partial charge in [-0.25, -0.2) is 9.67 Å². The molecule has 0 unspecified atom stereocenters. The lowest BCUT2D eigenvalue weighted by atomic mass is 10.2.